The van der Waals surface area contributed by atoms with Crippen LogP contribution < -0.4 is 5.46 Å². The molecule has 0 heterocycles. The van der Waals surface area contributed by atoms with E-state index in [0.29, 0.717) is 20.8 Å². The zero-order chi connectivity index (χ0) is 12.0. The fourth-order valence-corrected chi connectivity index (χ4v) is 1.05. The lowest BCUT2D eigenvalue weighted by molar-refractivity contribution is -0.384. The van der Waals surface area contributed by atoms with Gasteiger partial charge in [0.25, 0.3) is 5.69 Å². The number of non-ortho nitro benzene ring substituents is 1. The van der Waals surface area contributed by atoms with Crippen LogP contribution in [0.15, 0.2) is 24.3 Å². The molecule has 0 bridgehead atoms. The molecule has 0 aliphatic heterocycles. The minimum Gasteiger partial charge on any atom is -0.450 e. The molecule has 0 unspecified atom stereocenters. The molecule has 2 radical (unpaired) electrons. The van der Waals surface area contributed by atoms with Crippen molar-refractivity contribution in [2.75, 3.05) is 0 Å². The first-order valence-electron chi connectivity index (χ1n) is 4.16. The summed E-state index contributed by atoms with van der Waals surface area (Å²) in [4.78, 5) is 9.84. The first-order chi connectivity index (χ1) is 7.69. The molecule has 80 valence electrons. The number of nitro benzene ring substituents is 1. The highest BCUT2D eigenvalue weighted by atomic mass is 16.6. The molecular formula is C6H6B3NO6. The van der Waals surface area contributed by atoms with E-state index in [1.54, 1.807) is 0 Å². The van der Waals surface area contributed by atoms with E-state index in [1.807, 2.05) is 0 Å². The molecule has 1 aromatic carbocycles. The van der Waals surface area contributed by atoms with Gasteiger partial charge >= 0.3 is 22.5 Å². The molecule has 0 aliphatic rings. The van der Waals surface area contributed by atoms with E-state index in [1.165, 1.54) is 24.3 Å². The van der Waals surface area contributed by atoms with E-state index in [9.17, 15) is 10.1 Å². The molecule has 7 nitrogen and oxygen atoms in total. The van der Waals surface area contributed by atoms with Crippen LogP contribution in [0.1, 0.15) is 0 Å². The molecule has 0 fully saturated rings. The molecular weight excluding hydrogens is 215 g/mol. The Morgan fingerprint density at radius 3 is 2.06 bits per heavy atom. The predicted octanol–water partition coefficient (Wildman–Crippen LogP) is -1.62. The quantitative estimate of drug-likeness (QED) is 0.339. The number of nitrogens with zero attached hydrogens (tertiary/aromatic N) is 1. The summed E-state index contributed by atoms with van der Waals surface area (Å²) < 4.78 is 9.23. The number of nitro groups is 1. The van der Waals surface area contributed by atoms with Gasteiger partial charge in [0.2, 0.25) is 0 Å². The second kappa shape index (κ2) is 6.28. The van der Waals surface area contributed by atoms with Crippen LogP contribution in [0.25, 0.3) is 0 Å². The Morgan fingerprint density at radius 1 is 1.19 bits per heavy atom. The third-order valence-corrected chi connectivity index (χ3v) is 1.74. The van der Waals surface area contributed by atoms with Crippen LogP contribution in [0.3, 0.4) is 0 Å². The summed E-state index contributed by atoms with van der Waals surface area (Å²) in [6.45, 7) is 0. The normalized spacial score (nSPS) is 9.62. The average molecular weight is 221 g/mol. The van der Waals surface area contributed by atoms with Gasteiger partial charge in [-0.2, -0.15) is 0 Å². The molecule has 0 saturated heterocycles. The van der Waals surface area contributed by atoms with Gasteiger partial charge in [-0.1, -0.05) is 12.1 Å². The lowest BCUT2D eigenvalue weighted by Gasteiger charge is -2.10. The van der Waals surface area contributed by atoms with E-state index < -0.39 is 12.0 Å². The molecule has 10 heteroatoms. The van der Waals surface area contributed by atoms with Gasteiger partial charge in [0.05, 0.1) is 4.92 Å². The van der Waals surface area contributed by atoms with Crippen LogP contribution in [0.5, 0.6) is 0 Å². The van der Waals surface area contributed by atoms with Gasteiger partial charge in [0.15, 0.2) is 0 Å². The number of hydrogen-bond acceptors (Lipinski definition) is 6. The molecule has 2 N–H and O–H groups in total. The van der Waals surface area contributed by atoms with Gasteiger partial charge in [-0.3, -0.25) is 10.1 Å². The van der Waals surface area contributed by atoms with Crippen molar-refractivity contribution in [1.29, 1.82) is 0 Å². The Bertz CT molecular complexity index is 341. The second-order valence-corrected chi connectivity index (χ2v) is 2.66. The Hall–Kier alpha value is -1.35. The summed E-state index contributed by atoms with van der Waals surface area (Å²) in [5, 5.41) is 27.3. The highest BCUT2D eigenvalue weighted by molar-refractivity contribution is 6.68. The summed E-state index contributed by atoms with van der Waals surface area (Å²) in [6, 6.07) is 5.28. The largest absolute Gasteiger partial charge is 0.470 e. The van der Waals surface area contributed by atoms with Crippen molar-refractivity contribution in [3.63, 3.8) is 0 Å². The molecule has 1 aromatic rings. The van der Waals surface area contributed by atoms with E-state index in [2.05, 4.69) is 9.14 Å². The summed E-state index contributed by atoms with van der Waals surface area (Å²) >= 11 is 0. The topological polar surface area (TPSA) is 102 Å². The molecule has 0 spiro atoms. The molecule has 1 rings (SSSR count). The lowest BCUT2D eigenvalue weighted by atomic mass is 9.76. The third-order valence-electron chi connectivity index (χ3n) is 1.74. The summed E-state index contributed by atoms with van der Waals surface area (Å²) in [5.41, 5.74) is 0.324. The first kappa shape index (κ1) is 12.7. The monoisotopic (exact) mass is 221 g/mol. The lowest BCUT2D eigenvalue weighted by Crippen LogP contribution is -2.39. The fraction of sp³-hybridized carbons (Fsp3) is 0. The molecule has 0 amide bonds. The van der Waals surface area contributed by atoms with E-state index >= 15 is 0 Å². The minimum absolute atomic E-state index is 0.0801. The van der Waals surface area contributed by atoms with Gasteiger partial charge in [-0.05, 0) is 5.46 Å². The molecule has 0 saturated carbocycles. The standard InChI is InChI=1S/C6H6B3NO6/c11-7-15-9(16-8-12)5-1-3-6(4-2-5)10(13)14/h1-4,11-12H. The maximum Gasteiger partial charge on any atom is 0.470 e. The van der Waals surface area contributed by atoms with Crippen molar-refractivity contribution in [2.45, 2.75) is 0 Å². The van der Waals surface area contributed by atoms with Crippen LogP contribution in [0.4, 0.5) is 5.69 Å². The number of benzene rings is 1. The zero-order valence-corrected chi connectivity index (χ0v) is 8.02. The summed E-state index contributed by atoms with van der Waals surface area (Å²) in [7, 11) is -0.263. The smallest absolute Gasteiger partial charge is 0.450 e. The average Bonchev–Trinajstić information content (AvgIpc) is 2.29. The molecule has 0 aromatic heterocycles. The van der Waals surface area contributed by atoms with Crippen molar-refractivity contribution < 1.29 is 24.1 Å². The number of rotatable bonds is 6. The number of hydrogen-bond donors (Lipinski definition) is 2. The summed E-state index contributed by atoms with van der Waals surface area (Å²) in [5.74, 6) is 0. The van der Waals surface area contributed by atoms with Crippen molar-refractivity contribution in [3.05, 3.63) is 34.4 Å². The van der Waals surface area contributed by atoms with Gasteiger partial charge in [-0.15, -0.1) is 0 Å². The first-order valence-corrected chi connectivity index (χ1v) is 4.16. The van der Waals surface area contributed by atoms with E-state index in [0.717, 1.165) is 0 Å². The highest BCUT2D eigenvalue weighted by Gasteiger charge is 2.21. The zero-order valence-electron chi connectivity index (χ0n) is 8.02. The summed E-state index contributed by atoms with van der Waals surface area (Å²) in [6.07, 6.45) is 0. The van der Waals surface area contributed by atoms with Gasteiger partial charge in [0.1, 0.15) is 0 Å². The van der Waals surface area contributed by atoms with Gasteiger partial charge in [0, 0.05) is 12.1 Å². The minimum atomic E-state index is -1.06. The highest BCUT2D eigenvalue weighted by Crippen LogP contribution is 2.07. The second-order valence-electron chi connectivity index (χ2n) is 2.66. The van der Waals surface area contributed by atoms with Crippen LogP contribution in [-0.4, -0.2) is 37.5 Å². The van der Waals surface area contributed by atoms with Crippen LogP contribution >= 0.6 is 0 Å². The fourth-order valence-electron chi connectivity index (χ4n) is 1.05. The van der Waals surface area contributed by atoms with Crippen molar-refractivity contribution in [3.8, 4) is 0 Å². The van der Waals surface area contributed by atoms with Gasteiger partial charge in [-0.25, -0.2) is 0 Å². The Balaban J connectivity index is 2.80. The van der Waals surface area contributed by atoms with Crippen LogP contribution in [-0.2, 0) is 9.14 Å². The molecule has 0 atom stereocenters. The molecule has 16 heavy (non-hydrogen) atoms. The maximum absolute atomic E-state index is 10.4. The van der Waals surface area contributed by atoms with Crippen molar-refractivity contribution in [1.82, 2.24) is 0 Å². The third kappa shape index (κ3) is 3.35. The molecule has 0 aliphatic carbocycles. The van der Waals surface area contributed by atoms with E-state index in [-0.39, 0.29) is 5.69 Å². The Labute approximate surface area is 92.9 Å². The maximum atomic E-state index is 10.4. The predicted molar refractivity (Wildman–Crippen MR) is 56.6 cm³/mol. The van der Waals surface area contributed by atoms with Crippen LogP contribution in [0, 0.1) is 10.1 Å². The van der Waals surface area contributed by atoms with Gasteiger partial charge < -0.3 is 19.2 Å². The van der Waals surface area contributed by atoms with Crippen LogP contribution in [0.2, 0.25) is 0 Å². The Morgan fingerprint density at radius 2 is 1.69 bits per heavy atom. The van der Waals surface area contributed by atoms with Crippen molar-refractivity contribution in [2.24, 2.45) is 0 Å². The Kier molecular flexibility index (Phi) is 5.00. The SMILES string of the molecule is O=[N+]([O-])c1ccc(B(O[B]O)O[B]O)cc1. The van der Waals surface area contributed by atoms with E-state index in [4.69, 9.17) is 10.0 Å². The van der Waals surface area contributed by atoms with Crippen molar-refractivity contribution >= 4 is 33.6 Å².